The Morgan fingerprint density at radius 2 is 1.96 bits per heavy atom. The van der Waals surface area contributed by atoms with Crippen LogP contribution in [0.4, 0.5) is 0 Å². The first-order chi connectivity index (χ1) is 10.8. The average molecular weight is 324 g/mol. The highest BCUT2D eigenvalue weighted by Crippen LogP contribution is 2.50. The predicted octanol–water partition coefficient (Wildman–Crippen LogP) is 5.40. The number of pyridine rings is 1. The Balaban J connectivity index is 2.05. The maximum Gasteiger partial charge on any atom is 0.256 e. The van der Waals surface area contributed by atoms with Gasteiger partial charge in [0.2, 0.25) is 5.75 Å². The van der Waals surface area contributed by atoms with E-state index in [0.29, 0.717) is 0 Å². The largest absolute Gasteiger partial charge is 0.448 e. The number of thiophene rings is 1. The highest BCUT2D eigenvalue weighted by Gasteiger charge is 2.32. The van der Waals surface area contributed by atoms with Gasteiger partial charge in [-0.05, 0) is 30.4 Å². The zero-order valence-electron chi connectivity index (χ0n) is 14.4. The highest BCUT2D eigenvalue weighted by atomic mass is 32.1. The van der Waals surface area contributed by atoms with Crippen LogP contribution in [0.25, 0.3) is 21.3 Å². The Morgan fingerprint density at radius 1 is 1.17 bits per heavy atom. The zero-order chi connectivity index (χ0) is 16.4. The summed E-state index contributed by atoms with van der Waals surface area (Å²) in [5, 5.41) is 3.41. The van der Waals surface area contributed by atoms with E-state index in [1.165, 1.54) is 32.5 Å². The molecule has 0 radical (unpaired) electrons. The number of benzene rings is 1. The fourth-order valence-corrected chi connectivity index (χ4v) is 4.34. The molecule has 0 unspecified atom stereocenters. The van der Waals surface area contributed by atoms with Crippen LogP contribution in [0, 0.1) is 12.3 Å². The Hall–Kier alpha value is -1.87. The van der Waals surface area contributed by atoms with Crippen molar-refractivity contribution in [3.8, 4) is 22.8 Å². The van der Waals surface area contributed by atoms with Gasteiger partial charge in [-0.1, -0.05) is 26.8 Å². The second-order valence-electron chi connectivity index (χ2n) is 7.70. The van der Waals surface area contributed by atoms with Gasteiger partial charge in [-0.2, -0.15) is 4.57 Å². The Morgan fingerprint density at radius 3 is 2.70 bits per heavy atom. The van der Waals surface area contributed by atoms with Gasteiger partial charge in [0.25, 0.3) is 5.69 Å². The second-order valence-corrected chi connectivity index (χ2v) is 8.61. The molecule has 4 rings (SSSR count). The molecule has 0 fully saturated rings. The van der Waals surface area contributed by atoms with Gasteiger partial charge in [0, 0.05) is 27.1 Å². The quantitative estimate of drug-likeness (QED) is 0.428. The van der Waals surface area contributed by atoms with E-state index in [4.69, 9.17) is 4.74 Å². The van der Waals surface area contributed by atoms with Gasteiger partial charge in [-0.15, -0.1) is 11.3 Å². The molecule has 23 heavy (non-hydrogen) atoms. The summed E-state index contributed by atoms with van der Waals surface area (Å²) in [5.74, 6) is 2.05. The molecule has 1 aliphatic rings. The summed E-state index contributed by atoms with van der Waals surface area (Å²) in [5.41, 5.74) is 5.37. The Labute approximate surface area is 141 Å². The van der Waals surface area contributed by atoms with Crippen LogP contribution >= 0.6 is 11.3 Å². The first-order valence-corrected chi connectivity index (χ1v) is 8.94. The van der Waals surface area contributed by atoms with Crippen molar-refractivity contribution >= 4 is 21.4 Å². The van der Waals surface area contributed by atoms with Crippen molar-refractivity contribution in [1.29, 1.82) is 0 Å². The molecule has 0 saturated carbocycles. The lowest BCUT2D eigenvalue weighted by Crippen LogP contribution is -2.32. The van der Waals surface area contributed by atoms with Gasteiger partial charge in [-0.25, -0.2) is 0 Å². The van der Waals surface area contributed by atoms with E-state index in [1.54, 1.807) is 11.3 Å². The number of ether oxygens (including phenoxy) is 1. The van der Waals surface area contributed by atoms with Crippen molar-refractivity contribution in [2.24, 2.45) is 12.5 Å². The fourth-order valence-electron chi connectivity index (χ4n) is 3.48. The minimum Gasteiger partial charge on any atom is -0.448 e. The van der Waals surface area contributed by atoms with Gasteiger partial charge >= 0.3 is 0 Å². The SMILES string of the molecule is Cc1ccc2scc3c2c1-c1c(c(CC(C)(C)C)cc[n+]1C)O3. The molecule has 2 nitrogen and oxygen atoms in total. The lowest BCUT2D eigenvalue weighted by atomic mass is 9.86. The molecule has 0 N–H and O–H groups in total. The maximum atomic E-state index is 6.39. The molecule has 0 spiro atoms. The molecular weight excluding hydrogens is 302 g/mol. The second kappa shape index (κ2) is 4.81. The molecule has 1 aromatic carbocycles. The van der Waals surface area contributed by atoms with E-state index >= 15 is 0 Å². The summed E-state index contributed by atoms with van der Waals surface area (Å²) in [6.45, 7) is 9.02. The van der Waals surface area contributed by atoms with E-state index in [0.717, 1.165) is 17.9 Å². The number of nitrogens with zero attached hydrogens (tertiary/aromatic N) is 1. The summed E-state index contributed by atoms with van der Waals surface area (Å²) in [4.78, 5) is 0. The first kappa shape index (κ1) is 14.7. The van der Waals surface area contributed by atoms with E-state index in [2.05, 4.69) is 69.1 Å². The monoisotopic (exact) mass is 324 g/mol. The van der Waals surface area contributed by atoms with Crippen molar-refractivity contribution in [3.63, 3.8) is 0 Å². The summed E-state index contributed by atoms with van der Waals surface area (Å²) in [6.07, 6.45) is 3.17. The molecule has 3 aromatic rings. The van der Waals surface area contributed by atoms with Crippen molar-refractivity contribution in [2.75, 3.05) is 0 Å². The van der Waals surface area contributed by atoms with Gasteiger partial charge < -0.3 is 4.74 Å². The van der Waals surface area contributed by atoms with Crippen LogP contribution in [0.2, 0.25) is 0 Å². The maximum absolute atomic E-state index is 6.39. The molecule has 0 bridgehead atoms. The third-order valence-corrected chi connectivity index (χ3v) is 5.37. The summed E-state index contributed by atoms with van der Waals surface area (Å²) in [7, 11) is 2.11. The molecule has 3 heteroatoms. The average Bonchev–Trinajstić information content (AvgIpc) is 2.88. The molecule has 0 aliphatic carbocycles. The molecule has 1 aliphatic heterocycles. The van der Waals surface area contributed by atoms with E-state index in [1.807, 2.05) is 0 Å². The highest BCUT2D eigenvalue weighted by molar-refractivity contribution is 7.17. The number of aryl methyl sites for hydroxylation is 2. The minimum atomic E-state index is 0.229. The molecule has 0 amide bonds. The molecule has 0 atom stereocenters. The summed E-state index contributed by atoms with van der Waals surface area (Å²) < 4.78 is 9.89. The summed E-state index contributed by atoms with van der Waals surface area (Å²) in [6, 6.07) is 6.64. The van der Waals surface area contributed by atoms with E-state index in [9.17, 15) is 0 Å². The molecule has 118 valence electrons. The fraction of sp³-hybridized carbons (Fsp3) is 0.350. The smallest absolute Gasteiger partial charge is 0.256 e. The summed E-state index contributed by atoms with van der Waals surface area (Å²) >= 11 is 1.76. The molecule has 2 aromatic heterocycles. The van der Waals surface area contributed by atoms with Crippen LogP contribution in [0.15, 0.2) is 29.8 Å². The van der Waals surface area contributed by atoms with Crippen LogP contribution < -0.4 is 9.30 Å². The van der Waals surface area contributed by atoms with Gasteiger partial charge in [-0.3, -0.25) is 0 Å². The molecule has 3 heterocycles. The van der Waals surface area contributed by atoms with Crippen LogP contribution in [0.1, 0.15) is 31.9 Å². The zero-order valence-corrected chi connectivity index (χ0v) is 15.2. The van der Waals surface area contributed by atoms with Crippen molar-refractivity contribution in [1.82, 2.24) is 0 Å². The Kier molecular flexibility index (Phi) is 3.08. The predicted molar refractivity (Wildman–Crippen MR) is 96.4 cm³/mol. The van der Waals surface area contributed by atoms with E-state index in [-0.39, 0.29) is 5.41 Å². The van der Waals surface area contributed by atoms with Crippen LogP contribution in [0.5, 0.6) is 11.5 Å². The van der Waals surface area contributed by atoms with Crippen LogP contribution in [-0.2, 0) is 13.5 Å². The molecule has 0 saturated heterocycles. The standard InChI is InChI=1S/C20H22NOS/c1-12-6-7-15-17-14(11-23-15)22-19-13(10-20(2,3)4)8-9-21(5)18(19)16(12)17/h6-9,11H,10H2,1-5H3/q+1. The van der Waals surface area contributed by atoms with Gasteiger partial charge in [0.05, 0.1) is 5.56 Å². The number of hydrogen-bond donors (Lipinski definition) is 0. The van der Waals surface area contributed by atoms with Crippen LogP contribution in [0.3, 0.4) is 0 Å². The van der Waals surface area contributed by atoms with E-state index < -0.39 is 0 Å². The molecular formula is C20H22NOS+. The van der Waals surface area contributed by atoms with Crippen LogP contribution in [-0.4, -0.2) is 0 Å². The number of rotatable bonds is 1. The van der Waals surface area contributed by atoms with Crippen molar-refractivity contribution in [2.45, 2.75) is 34.1 Å². The van der Waals surface area contributed by atoms with Gasteiger partial charge in [0.1, 0.15) is 12.8 Å². The van der Waals surface area contributed by atoms with Gasteiger partial charge in [0.15, 0.2) is 6.20 Å². The van der Waals surface area contributed by atoms with Crippen molar-refractivity contribution < 1.29 is 9.30 Å². The number of fused-ring (bicyclic) bond motifs is 2. The normalized spacial score (nSPS) is 13.1. The minimum absolute atomic E-state index is 0.229. The number of hydrogen-bond acceptors (Lipinski definition) is 2. The topological polar surface area (TPSA) is 13.1 Å². The lowest BCUT2D eigenvalue weighted by molar-refractivity contribution is -0.660. The number of aromatic nitrogens is 1. The third kappa shape index (κ3) is 2.26. The first-order valence-electron chi connectivity index (χ1n) is 8.06. The Bertz CT molecular complexity index is 931. The lowest BCUT2D eigenvalue weighted by Gasteiger charge is -2.23. The van der Waals surface area contributed by atoms with Crippen molar-refractivity contribution in [3.05, 3.63) is 40.9 Å². The third-order valence-electron chi connectivity index (χ3n) is 4.44.